The fraction of sp³-hybridized carbons (Fsp3) is 0.538. The van der Waals surface area contributed by atoms with E-state index in [0.717, 1.165) is 18.7 Å². The molecule has 0 atom stereocenters. The van der Waals surface area contributed by atoms with Gasteiger partial charge in [-0.25, -0.2) is 8.42 Å². The molecule has 22 heavy (non-hydrogen) atoms. The van der Waals surface area contributed by atoms with Crippen molar-refractivity contribution in [2.75, 3.05) is 33.2 Å². The molecule has 0 unspecified atom stereocenters. The molecular formula is C13H18FN3O4S. The van der Waals surface area contributed by atoms with Gasteiger partial charge in [-0.1, -0.05) is 0 Å². The molecule has 1 aromatic rings. The highest BCUT2D eigenvalue weighted by molar-refractivity contribution is 7.89. The molecule has 0 aromatic heterocycles. The minimum Gasteiger partial charge on any atom is -0.305 e. The Hall–Kier alpha value is -1.58. The van der Waals surface area contributed by atoms with E-state index < -0.39 is 26.5 Å². The smallest absolute Gasteiger partial charge is 0.305 e. The molecule has 1 aliphatic heterocycles. The number of aryl methyl sites for hydroxylation is 1. The van der Waals surface area contributed by atoms with Crippen LogP contribution in [0.2, 0.25) is 0 Å². The first-order valence-corrected chi connectivity index (χ1v) is 8.30. The van der Waals surface area contributed by atoms with Gasteiger partial charge in [0.1, 0.15) is 0 Å². The lowest BCUT2D eigenvalue weighted by Gasteiger charge is -2.21. The summed E-state index contributed by atoms with van der Waals surface area (Å²) < 4.78 is 40.3. The molecule has 1 aliphatic rings. The maximum Gasteiger partial charge on any atom is 0.306 e. The summed E-state index contributed by atoms with van der Waals surface area (Å²) in [7, 11) is -1.97. The van der Waals surface area contributed by atoms with Crippen molar-refractivity contribution in [2.45, 2.75) is 18.2 Å². The Balaban J connectivity index is 2.45. The van der Waals surface area contributed by atoms with Crippen LogP contribution in [0.3, 0.4) is 0 Å². The zero-order valence-corrected chi connectivity index (χ0v) is 13.3. The summed E-state index contributed by atoms with van der Waals surface area (Å²) in [5, 5.41) is 10.8. The van der Waals surface area contributed by atoms with Crippen LogP contribution in [-0.4, -0.2) is 55.8 Å². The Morgan fingerprint density at radius 3 is 2.55 bits per heavy atom. The number of hydrogen-bond donors (Lipinski definition) is 0. The van der Waals surface area contributed by atoms with E-state index in [0.29, 0.717) is 26.1 Å². The molecule has 0 spiro atoms. The van der Waals surface area contributed by atoms with Gasteiger partial charge in [-0.2, -0.15) is 8.70 Å². The second kappa shape index (κ2) is 6.27. The molecule has 9 heteroatoms. The Kier molecular flexibility index (Phi) is 4.78. The summed E-state index contributed by atoms with van der Waals surface area (Å²) in [4.78, 5) is 11.7. The SMILES string of the molecule is Cc1cc(F)c([N+](=O)[O-])cc1S(=O)(=O)N1CCCN(C)CC1. The minimum absolute atomic E-state index is 0.167. The van der Waals surface area contributed by atoms with Gasteiger partial charge in [-0.05, 0) is 38.6 Å². The second-order valence-electron chi connectivity index (χ2n) is 5.39. The van der Waals surface area contributed by atoms with Gasteiger partial charge in [0, 0.05) is 25.7 Å². The standard InChI is InChI=1S/C13H18FN3O4S/c1-10-8-11(14)12(17(18)19)9-13(10)22(20,21)16-5-3-4-15(2)6-7-16/h8-9H,3-7H2,1-2H3. The average Bonchev–Trinajstić information content (AvgIpc) is 2.63. The van der Waals surface area contributed by atoms with Crippen LogP contribution in [0.4, 0.5) is 10.1 Å². The van der Waals surface area contributed by atoms with E-state index in [1.165, 1.54) is 11.2 Å². The fourth-order valence-electron chi connectivity index (χ4n) is 2.46. The van der Waals surface area contributed by atoms with E-state index in [4.69, 9.17) is 0 Å². The number of likely N-dealkylation sites (N-methyl/N-ethyl adjacent to an activating group) is 1. The van der Waals surface area contributed by atoms with Crippen molar-refractivity contribution >= 4 is 15.7 Å². The highest BCUT2D eigenvalue weighted by atomic mass is 32.2. The maximum absolute atomic E-state index is 13.6. The topological polar surface area (TPSA) is 83.8 Å². The molecule has 122 valence electrons. The molecular weight excluding hydrogens is 313 g/mol. The molecule has 1 heterocycles. The molecule has 0 radical (unpaired) electrons. The van der Waals surface area contributed by atoms with E-state index in [9.17, 15) is 22.9 Å². The van der Waals surface area contributed by atoms with Crippen LogP contribution < -0.4 is 0 Å². The molecule has 0 bridgehead atoms. The van der Waals surface area contributed by atoms with E-state index >= 15 is 0 Å². The van der Waals surface area contributed by atoms with Gasteiger partial charge in [0.2, 0.25) is 15.8 Å². The van der Waals surface area contributed by atoms with Crippen LogP contribution >= 0.6 is 0 Å². The number of sulfonamides is 1. The monoisotopic (exact) mass is 331 g/mol. The first-order chi connectivity index (χ1) is 10.2. The van der Waals surface area contributed by atoms with Crippen molar-refractivity contribution in [3.05, 3.63) is 33.6 Å². The van der Waals surface area contributed by atoms with Crippen LogP contribution in [0.5, 0.6) is 0 Å². The quantitative estimate of drug-likeness (QED) is 0.617. The normalized spacial score (nSPS) is 18.1. The number of halogens is 1. The van der Waals surface area contributed by atoms with Crippen molar-refractivity contribution in [3.63, 3.8) is 0 Å². The summed E-state index contributed by atoms with van der Waals surface area (Å²) in [6.07, 6.45) is 0.679. The Bertz CT molecular complexity index is 693. The van der Waals surface area contributed by atoms with Gasteiger partial charge in [0.25, 0.3) is 0 Å². The molecule has 0 saturated carbocycles. The highest BCUT2D eigenvalue weighted by Gasteiger charge is 2.30. The van der Waals surface area contributed by atoms with Crippen LogP contribution in [-0.2, 0) is 10.0 Å². The number of hydrogen-bond acceptors (Lipinski definition) is 5. The van der Waals surface area contributed by atoms with Crippen LogP contribution in [0, 0.1) is 22.9 Å². The predicted octanol–water partition coefficient (Wildman–Crippen LogP) is 1.37. The summed E-state index contributed by atoms with van der Waals surface area (Å²) >= 11 is 0. The van der Waals surface area contributed by atoms with E-state index in [1.54, 1.807) is 0 Å². The molecule has 1 aromatic carbocycles. The third-order valence-corrected chi connectivity index (χ3v) is 5.78. The molecule has 7 nitrogen and oxygen atoms in total. The number of rotatable bonds is 3. The minimum atomic E-state index is -3.88. The van der Waals surface area contributed by atoms with Gasteiger partial charge in [0.15, 0.2) is 0 Å². The van der Waals surface area contributed by atoms with Crippen LogP contribution in [0.1, 0.15) is 12.0 Å². The number of nitro groups is 1. The van der Waals surface area contributed by atoms with Gasteiger partial charge in [-0.15, -0.1) is 0 Å². The third-order valence-electron chi connectivity index (χ3n) is 3.74. The zero-order valence-electron chi connectivity index (χ0n) is 12.5. The largest absolute Gasteiger partial charge is 0.306 e. The van der Waals surface area contributed by atoms with Gasteiger partial charge in [0.05, 0.1) is 9.82 Å². The highest BCUT2D eigenvalue weighted by Crippen LogP contribution is 2.28. The molecule has 0 N–H and O–H groups in total. The summed E-state index contributed by atoms with van der Waals surface area (Å²) in [6, 6.07) is 1.71. The molecule has 1 fully saturated rings. The Morgan fingerprint density at radius 2 is 1.91 bits per heavy atom. The lowest BCUT2D eigenvalue weighted by molar-refractivity contribution is -0.387. The Morgan fingerprint density at radius 1 is 1.23 bits per heavy atom. The van der Waals surface area contributed by atoms with Crippen molar-refractivity contribution in [3.8, 4) is 0 Å². The summed E-state index contributed by atoms with van der Waals surface area (Å²) in [6.45, 7) is 3.46. The van der Waals surface area contributed by atoms with Crippen molar-refractivity contribution < 1.29 is 17.7 Å². The van der Waals surface area contributed by atoms with Crippen molar-refractivity contribution in [1.29, 1.82) is 0 Å². The molecule has 1 saturated heterocycles. The van der Waals surface area contributed by atoms with Gasteiger partial charge in [-0.3, -0.25) is 10.1 Å². The fourth-order valence-corrected chi connectivity index (χ4v) is 4.16. The Labute approximate surface area is 128 Å². The van der Waals surface area contributed by atoms with E-state index in [-0.39, 0.29) is 10.5 Å². The van der Waals surface area contributed by atoms with Crippen molar-refractivity contribution in [1.82, 2.24) is 9.21 Å². The number of benzene rings is 1. The first-order valence-electron chi connectivity index (χ1n) is 6.86. The first kappa shape index (κ1) is 16.8. The van der Waals surface area contributed by atoms with Gasteiger partial charge >= 0.3 is 5.69 Å². The van der Waals surface area contributed by atoms with E-state index in [2.05, 4.69) is 0 Å². The molecule has 2 rings (SSSR count). The zero-order chi connectivity index (χ0) is 16.5. The molecule has 0 aliphatic carbocycles. The van der Waals surface area contributed by atoms with Crippen LogP contribution in [0.25, 0.3) is 0 Å². The third kappa shape index (κ3) is 3.26. The lowest BCUT2D eigenvalue weighted by Crippen LogP contribution is -2.35. The van der Waals surface area contributed by atoms with Crippen LogP contribution in [0.15, 0.2) is 17.0 Å². The van der Waals surface area contributed by atoms with Crippen molar-refractivity contribution in [2.24, 2.45) is 0 Å². The second-order valence-corrected chi connectivity index (χ2v) is 7.29. The van der Waals surface area contributed by atoms with Gasteiger partial charge < -0.3 is 4.90 Å². The summed E-state index contributed by atoms with van der Waals surface area (Å²) in [5.74, 6) is -1.03. The predicted molar refractivity (Wildman–Crippen MR) is 78.7 cm³/mol. The number of nitro benzene ring substituents is 1. The summed E-state index contributed by atoms with van der Waals surface area (Å²) in [5.41, 5.74) is -0.656. The maximum atomic E-state index is 13.6. The average molecular weight is 331 g/mol. The lowest BCUT2D eigenvalue weighted by atomic mass is 10.2. The molecule has 0 amide bonds. The number of nitrogens with zero attached hydrogens (tertiary/aromatic N) is 3. The van der Waals surface area contributed by atoms with E-state index in [1.807, 2.05) is 11.9 Å².